The monoisotopic (exact) mass is 152 g/mol. The summed E-state index contributed by atoms with van der Waals surface area (Å²) in [6.07, 6.45) is 5.20. The Balaban J connectivity index is 2.18. The lowest BCUT2D eigenvalue weighted by Gasteiger charge is -2.26. The number of rotatable bonds is 2. The second-order valence-electron chi connectivity index (χ2n) is 3.51. The summed E-state index contributed by atoms with van der Waals surface area (Å²) >= 11 is 0. The first-order valence-corrected chi connectivity index (χ1v) is 4.43. The third kappa shape index (κ3) is 2.90. The smallest absolute Gasteiger partial charge is 0.0843 e. The van der Waals surface area contributed by atoms with Gasteiger partial charge >= 0.3 is 0 Å². The number of nitrogens with zero attached hydrogens (tertiary/aromatic N) is 1. The van der Waals surface area contributed by atoms with Crippen LogP contribution < -0.4 is 5.32 Å². The summed E-state index contributed by atoms with van der Waals surface area (Å²) in [6.45, 7) is 2.80. The summed E-state index contributed by atoms with van der Waals surface area (Å²) in [5, 5.41) is 11.6. The van der Waals surface area contributed by atoms with Gasteiger partial charge in [0.15, 0.2) is 0 Å². The van der Waals surface area contributed by atoms with Gasteiger partial charge in [-0.05, 0) is 18.8 Å². The van der Waals surface area contributed by atoms with Crippen LogP contribution in [-0.4, -0.2) is 12.6 Å². The highest BCUT2D eigenvalue weighted by Gasteiger charge is 2.17. The van der Waals surface area contributed by atoms with Gasteiger partial charge in [0, 0.05) is 6.04 Å². The zero-order chi connectivity index (χ0) is 8.10. The van der Waals surface area contributed by atoms with Crippen LogP contribution >= 0.6 is 0 Å². The molecule has 0 aliphatic heterocycles. The molecule has 1 N–H and O–H groups in total. The zero-order valence-corrected chi connectivity index (χ0v) is 7.14. The zero-order valence-electron chi connectivity index (χ0n) is 7.14. The van der Waals surface area contributed by atoms with Gasteiger partial charge in [-0.15, -0.1) is 0 Å². The van der Waals surface area contributed by atoms with Crippen LogP contribution in [0.1, 0.15) is 32.6 Å². The van der Waals surface area contributed by atoms with Gasteiger partial charge in [-0.2, -0.15) is 5.26 Å². The largest absolute Gasteiger partial charge is 0.302 e. The summed E-state index contributed by atoms with van der Waals surface area (Å²) < 4.78 is 0. The molecule has 0 bridgehead atoms. The second kappa shape index (κ2) is 4.35. The minimum atomic E-state index is 0.511. The molecule has 0 aromatic heterocycles. The van der Waals surface area contributed by atoms with Gasteiger partial charge in [0.1, 0.15) is 0 Å². The molecule has 2 nitrogen and oxygen atoms in total. The average Bonchev–Trinajstić information content (AvgIpc) is 2.01. The minimum absolute atomic E-state index is 0.511. The van der Waals surface area contributed by atoms with Crippen molar-refractivity contribution in [2.24, 2.45) is 5.92 Å². The molecule has 1 aliphatic rings. The maximum absolute atomic E-state index is 8.35. The van der Waals surface area contributed by atoms with E-state index < -0.39 is 0 Å². The van der Waals surface area contributed by atoms with Gasteiger partial charge in [-0.3, -0.25) is 0 Å². The lowest BCUT2D eigenvalue weighted by atomic mass is 9.87. The van der Waals surface area contributed by atoms with Crippen LogP contribution in [0.2, 0.25) is 0 Å². The molecular weight excluding hydrogens is 136 g/mol. The summed E-state index contributed by atoms with van der Waals surface area (Å²) in [7, 11) is 0. The molecule has 1 saturated carbocycles. The first-order valence-electron chi connectivity index (χ1n) is 4.43. The van der Waals surface area contributed by atoms with Crippen molar-refractivity contribution in [3.8, 4) is 6.07 Å². The van der Waals surface area contributed by atoms with Crippen LogP contribution in [0.4, 0.5) is 0 Å². The molecule has 0 amide bonds. The van der Waals surface area contributed by atoms with Crippen molar-refractivity contribution in [1.29, 1.82) is 5.26 Å². The third-order valence-corrected chi connectivity index (χ3v) is 2.41. The Morgan fingerprint density at radius 3 is 3.00 bits per heavy atom. The van der Waals surface area contributed by atoms with Crippen molar-refractivity contribution >= 4 is 0 Å². The fraction of sp³-hybridized carbons (Fsp3) is 0.889. The number of hydrogen-bond donors (Lipinski definition) is 1. The number of nitrogens with one attached hydrogen (secondary N) is 1. The molecule has 0 heterocycles. The van der Waals surface area contributed by atoms with E-state index in [9.17, 15) is 0 Å². The predicted molar refractivity (Wildman–Crippen MR) is 45.0 cm³/mol. The summed E-state index contributed by atoms with van der Waals surface area (Å²) in [6, 6.07) is 2.73. The van der Waals surface area contributed by atoms with Crippen LogP contribution in [0.25, 0.3) is 0 Å². The summed E-state index contributed by atoms with van der Waals surface area (Å²) in [4.78, 5) is 0. The van der Waals surface area contributed by atoms with E-state index in [0.717, 1.165) is 5.92 Å². The first kappa shape index (κ1) is 8.55. The standard InChI is InChI=1S/C9H16N2/c1-8-3-2-4-9(7-8)11-6-5-10/h8-9,11H,2-4,6-7H2,1H3. The molecule has 1 aliphatic carbocycles. The van der Waals surface area contributed by atoms with E-state index in [1.165, 1.54) is 25.7 Å². The van der Waals surface area contributed by atoms with Crippen molar-refractivity contribution in [3.05, 3.63) is 0 Å². The fourth-order valence-electron chi connectivity index (χ4n) is 1.81. The Hall–Kier alpha value is -0.550. The molecule has 11 heavy (non-hydrogen) atoms. The number of nitriles is 1. The van der Waals surface area contributed by atoms with Crippen LogP contribution in [0, 0.1) is 17.2 Å². The van der Waals surface area contributed by atoms with E-state index in [2.05, 4.69) is 18.3 Å². The Kier molecular flexibility index (Phi) is 3.38. The van der Waals surface area contributed by atoms with E-state index in [0.29, 0.717) is 12.6 Å². The molecule has 1 fully saturated rings. The first-order chi connectivity index (χ1) is 5.33. The SMILES string of the molecule is CC1CCCC(NCC#N)C1. The van der Waals surface area contributed by atoms with Crippen LogP contribution in [0.5, 0.6) is 0 Å². The molecule has 0 aromatic carbocycles. The number of hydrogen-bond acceptors (Lipinski definition) is 2. The van der Waals surface area contributed by atoms with E-state index >= 15 is 0 Å². The topological polar surface area (TPSA) is 35.8 Å². The van der Waals surface area contributed by atoms with Crippen molar-refractivity contribution < 1.29 is 0 Å². The average molecular weight is 152 g/mol. The predicted octanol–water partition coefficient (Wildman–Crippen LogP) is 1.68. The van der Waals surface area contributed by atoms with Crippen LogP contribution in [0.3, 0.4) is 0 Å². The van der Waals surface area contributed by atoms with Gasteiger partial charge < -0.3 is 5.32 Å². The molecular formula is C9H16N2. The molecule has 2 heteroatoms. The molecule has 1 rings (SSSR count). The molecule has 2 atom stereocenters. The quantitative estimate of drug-likeness (QED) is 0.611. The van der Waals surface area contributed by atoms with Crippen molar-refractivity contribution in [1.82, 2.24) is 5.32 Å². The fourth-order valence-corrected chi connectivity index (χ4v) is 1.81. The van der Waals surface area contributed by atoms with Crippen LogP contribution in [0.15, 0.2) is 0 Å². The lowest BCUT2D eigenvalue weighted by Crippen LogP contribution is -2.33. The van der Waals surface area contributed by atoms with Crippen molar-refractivity contribution in [2.75, 3.05) is 6.54 Å². The maximum atomic E-state index is 8.35. The van der Waals surface area contributed by atoms with Gasteiger partial charge in [-0.1, -0.05) is 19.8 Å². The molecule has 2 unspecified atom stereocenters. The maximum Gasteiger partial charge on any atom is 0.0843 e. The minimum Gasteiger partial charge on any atom is -0.302 e. The summed E-state index contributed by atoms with van der Waals surface area (Å²) in [5.74, 6) is 0.847. The molecule has 0 spiro atoms. The normalized spacial score (nSPS) is 31.3. The van der Waals surface area contributed by atoms with Gasteiger partial charge in [0.05, 0.1) is 12.6 Å². The highest BCUT2D eigenvalue weighted by molar-refractivity contribution is 4.81. The second-order valence-corrected chi connectivity index (χ2v) is 3.51. The lowest BCUT2D eigenvalue weighted by molar-refractivity contribution is 0.309. The molecule has 0 radical (unpaired) electrons. The Morgan fingerprint density at radius 1 is 1.55 bits per heavy atom. The van der Waals surface area contributed by atoms with Crippen molar-refractivity contribution in [3.63, 3.8) is 0 Å². The van der Waals surface area contributed by atoms with Gasteiger partial charge in [-0.25, -0.2) is 0 Å². The molecule has 0 aromatic rings. The Labute approximate surface area is 68.6 Å². The van der Waals surface area contributed by atoms with E-state index in [1.807, 2.05) is 0 Å². The summed E-state index contributed by atoms with van der Waals surface area (Å²) in [5.41, 5.74) is 0. The molecule has 62 valence electrons. The molecule has 0 saturated heterocycles. The van der Waals surface area contributed by atoms with Gasteiger partial charge in [0.25, 0.3) is 0 Å². The Bertz CT molecular complexity index is 148. The third-order valence-electron chi connectivity index (χ3n) is 2.41. The highest BCUT2D eigenvalue weighted by Crippen LogP contribution is 2.23. The Morgan fingerprint density at radius 2 is 2.36 bits per heavy atom. The van der Waals surface area contributed by atoms with E-state index in [4.69, 9.17) is 5.26 Å². The van der Waals surface area contributed by atoms with Gasteiger partial charge in [0.2, 0.25) is 0 Å². The van der Waals surface area contributed by atoms with E-state index in [-0.39, 0.29) is 0 Å². The highest BCUT2D eigenvalue weighted by atomic mass is 14.9. The van der Waals surface area contributed by atoms with Crippen LogP contribution in [-0.2, 0) is 0 Å². The van der Waals surface area contributed by atoms with E-state index in [1.54, 1.807) is 0 Å². The van der Waals surface area contributed by atoms with Crippen molar-refractivity contribution in [2.45, 2.75) is 38.6 Å².